The molecule has 0 bridgehead atoms. The molecule has 0 fully saturated rings. The first-order chi connectivity index (χ1) is 9.13. The van der Waals surface area contributed by atoms with Crippen LogP contribution < -0.4 is 5.73 Å². The Balaban J connectivity index is 2.81. The first-order valence-electron chi connectivity index (χ1n) is 6.51. The van der Waals surface area contributed by atoms with Crippen LogP contribution in [0, 0.1) is 0 Å². The zero-order chi connectivity index (χ0) is 14.3. The number of amides is 1. The molecule has 0 saturated carbocycles. The average molecular weight is 263 g/mol. The van der Waals surface area contributed by atoms with Gasteiger partial charge in [-0.05, 0) is 25.5 Å². The predicted octanol–water partition coefficient (Wildman–Crippen LogP) is 2.04. The molecule has 5 nitrogen and oxygen atoms in total. The maximum absolute atomic E-state index is 12.2. The number of rotatable bonds is 6. The van der Waals surface area contributed by atoms with Gasteiger partial charge in [-0.3, -0.25) is 4.79 Å². The van der Waals surface area contributed by atoms with Crippen molar-refractivity contribution >= 4 is 11.7 Å². The largest absolute Gasteiger partial charge is 0.409 e. The number of carbonyl (C=O) groups excluding carboxylic acids is 1. The second-order valence-corrected chi connectivity index (χ2v) is 4.30. The molecule has 0 saturated heterocycles. The van der Waals surface area contributed by atoms with Gasteiger partial charge in [-0.25, -0.2) is 0 Å². The van der Waals surface area contributed by atoms with Crippen LogP contribution >= 0.6 is 0 Å². The molecular weight excluding hydrogens is 242 g/mol. The van der Waals surface area contributed by atoms with Gasteiger partial charge in [0, 0.05) is 24.2 Å². The van der Waals surface area contributed by atoms with Crippen LogP contribution in [0.4, 0.5) is 0 Å². The number of amidine groups is 1. The molecule has 5 heteroatoms. The van der Waals surface area contributed by atoms with Gasteiger partial charge >= 0.3 is 0 Å². The first kappa shape index (κ1) is 15.0. The topological polar surface area (TPSA) is 78.9 Å². The molecule has 0 aliphatic carbocycles. The van der Waals surface area contributed by atoms with Gasteiger partial charge in [0.25, 0.3) is 5.91 Å². The van der Waals surface area contributed by atoms with Gasteiger partial charge in [-0.15, -0.1) is 0 Å². The number of hydrogen-bond acceptors (Lipinski definition) is 3. The molecule has 0 aromatic heterocycles. The summed E-state index contributed by atoms with van der Waals surface area (Å²) in [6, 6.07) is 6.75. The van der Waals surface area contributed by atoms with Gasteiger partial charge in [0.2, 0.25) is 0 Å². The number of carbonyl (C=O) groups is 1. The van der Waals surface area contributed by atoms with Crippen LogP contribution in [0.1, 0.15) is 42.6 Å². The van der Waals surface area contributed by atoms with Gasteiger partial charge in [0.15, 0.2) is 5.84 Å². The van der Waals surface area contributed by atoms with E-state index in [0.717, 1.165) is 19.4 Å². The number of nitrogens with two attached hydrogens (primary N) is 1. The van der Waals surface area contributed by atoms with E-state index in [-0.39, 0.29) is 11.7 Å². The van der Waals surface area contributed by atoms with Crippen LogP contribution in [0.5, 0.6) is 0 Å². The van der Waals surface area contributed by atoms with Crippen molar-refractivity contribution in [3.63, 3.8) is 0 Å². The van der Waals surface area contributed by atoms with Crippen molar-refractivity contribution in [1.82, 2.24) is 4.90 Å². The minimum absolute atomic E-state index is 0.0157. The predicted molar refractivity (Wildman–Crippen MR) is 75.4 cm³/mol. The maximum Gasteiger partial charge on any atom is 0.253 e. The Bertz CT molecular complexity index is 441. The van der Waals surface area contributed by atoms with Crippen molar-refractivity contribution in [1.29, 1.82) is 0 Å². The SMILES string of the molecule is CCCCN(CC)C(=O)c1ccc(/C(N)=N/O)cc1. The molecule has 1 rings (SSSR count). The fraction of sp³-hybridized carbons (Fsp3) is 0.429. The summed E-state index contributed by atoms with van der Waals surface area (Å²) in [7, 11) is 0. The Kier molecular flexibility index (Phi) is 5.85. The molecule has 1 aromatic rings. The van der Waals surface area contributed by atoms with Crippen LogP contribution in [0.25, 0.3) is 0 Å². The summed E-state index contributed by atoms with van der Waals surface area (Å²) >= 11 is 0. The average Bonchev–Trinajstić information content (AvgIpc) is 2.47. The Hall–Kier alpha value is -2.04. The summed E-state index contributed by atoms with van der Waals surface area (Å²) < 4.78 is 0. The van der Waals surface area contributed by atoms with Crippen molar-refractivity contribution in [2.24, 2.45) is 10.9 Å². The van der Waals surface area contributed by atoms with Crippen LogP contribution in [0.3, 0.4) is 0 Å². The standard InChI is InChI=1S/C14H21N3O2/c1-3-5-10-17(4-2)14(18)12-8-6-11(7-9-12)13(15)16-19/h6-9,19H,3-5,10H2,1-2H3,(H2,15,16). The van der Waals surface area contributed by atoms with Crippen molar-refractivity contribution in [3.05, 3.63) is 35.4 Å². The number of unbranched alkanes of at least 4 members (excludes halogenated alkanes) is 1. The third kappa shape index (κ3) is 3.98. The van der Waals surface area contributed by atoms with Crippen LogP contribution in [-0.4, -0.2) is 34.9 Å². The summed E-state index contributed by atoms with van der Waals surface area (Å²) in [5.41, 5.74) is 6.69. The highest BCUT2D eigenvalue weighted by atomic mass is 16.4. The molecule has 0 heterocycles. The molecule has 0 aliphatic rings. The quantitative estimate of drug-likeness (QED) is 0.357. The zero-order valence-corrected chi connectivity index (χ0v) is 11.5. The van der Waals surface area contributed by atoms with E-state index in [0.29, 0.717) is 17.7 Å². The lowest BCUT2D eigenvalue weighted by atomic mass is 10.1. The van der Waals surface area contributed by atoms with E-state index in [4.69, 9.17) is 10.9 Å². The van der Waals surface area contributed by atoms with Gasteiger partial charge in [-0.2, -0.15) is 0 Å². The Morgan fingerprint density at radius 2 is 1.84 bits per heavy atom. The van der Waals surface area contributed by atoms with Crippen LogP contribution in [0.2, 0.25) is 0 Å². The van der Waals surface area contributed by atoms with Crippen molar-refractivity contribution < 1.29 is 10.0 Å². The number of hydrogen-bond donors (Lipinski definition) is 2. The lowest BCUT2D eigenvalue weighted by molar-refractivity contribution is 0.0762. The highest BCUT2D eigenvalue weighted by molar-refractivity contribution is 5.99. The lowest BCUT2D eigenvalue weighted by Gasteiger charge is -2.20. The van der Waals surface area contributed by atoms with Gasteiger partial charge < -0.3 is 15.8 Å². The van der Waals surface area contributed by atoms with Crippen LogP contribution in [-0.2, 0) is 0 Å². The second kappa shape index (κ2) is 7.41. The van der Waals surface area contributed by atoms with E-state index in [1.54, 1.807) is 24.3 Å². The Morgan fingerprint density at radius 3 is 2.32 bits per heavy atom. The summed E-state index contributed by atoms with van der Waals surface area (Å²) in [6.07, 6.45) is 2.06. The number of nitrogens with zero attached hydrogens (tertiary/aromatic N) is 2. The van der Waals surface area contributed by atoms with E-state index >= 15 is 0 Å². The smallest absolute Gasteiger partial charge is 0.253 e. The second-order valence-electron chi connectivity index (χ2n) is 4.30. The van der Waals surface area contributed by atoms with E-state index in [1.165, 1.54) is 0 Å². The molecule has 104 valence electrons. The first-order valence-corrected chi connectivity index (χ1v) is 6.51. The van der Waals surface area contributed by atoms with E-state index in [9.17, 15) is 4.79 Å². The highest BCUT2D eigenvalue weighted by Gasteiger charge is 2.13. The molecule has 1 aromatic carbocycles. The minimum atomic E-state index is 0.0157. The normalized spacial score (nSPS) is 11.4. The van der Waals surface area contributed by atoms with Gasteiger partial charge in [0.1, 0.15) is 0 Å². The molecule has 1 amide bonds. The zero-order valence-electron chi connectivity index (χ0n) is 11.5. The van der Waals surface area contributed by atoms with Crippen molar-refractivity contribution in [2.45, 2.75) is 26.7 Å². The monoisotopic (exact) mass is 263 g/mol. The van der Waals surface area contributed by atoms with E-state index in [2.05, 4.69) is 12.1 Å². The maximum atomic E-state index is 12.2. The summed E-state index contributed by atoms with van der Waals surface area (Å²) in [5, 5.41) is 11.5. The number of benzene rings is 1. The summed E-state index contributed by atoms with van der Waals surface area (Å²) in [6.45, 7) is 5.54. The Labute approximate surface area is 113 Å². The molecule has 0 unspecified atom stereocenters. The van der Waals surface area contributed by atoms with Gasteiger partial charge in [-0.1, -0.05) is 30.6 Å². The molecule has 0 spiro atoms. The molecule has 3 N–H and O–H groups in total. The summed E-state index contributed by atoms with van der Waals surface area (Å²) in [4.78, 5) is 14.1. The Morgan fingerprint density at radius 1 is 1.26 bits per heavy atom. The van der Waals surface area contributed by atoms with Crippen LogP contribution in [0.15, 0.2) is 29.4 Å². The third-order valence-electron chi connectivity index (χ3n) is 2.99. The lowest BCUT2D eigenvalue weighted by Crippen LogP contribution is -2.31. The third-order valence-corrected chi connectivity index (χ3v) is 2.99. The van der Waals surface area contributed by atoms with Gasteiger partial charge in [0.05, 0.1) is 0 Å². The fourth-order valence-electron chi connectivity index (χ4n) is 1.78. The number of oxime groups is 1. The van der Waals surface area contributed by atoms with Crippen molar-refractivity contribution in [3.8, 4) is 0 Å². The van der Waals surface area contributed by atoms with E-state index < -0.39 is 0 Å². The highest BCUT2D eigenvalue weighted by Crippen LogP contribution is 2.09. The molecular formula is C14H21N3O2. The van der Waals surface area contributed by atoms with Crippen molar-refractivity contribution in [2.75, 3.05) is 13.1 Å². The van der Waals surface area contributed by atoms with E-state index in [1.807, 2.05) is 11.8 Å². The minimum Gasteiger partial charge on any atom is -0.409 e. The molecule has 0 radical (unpaired) electrons. The fourth-order valence-corrected chi connectivity index (χ4v) is 1.78. The molecule has 0 aliphatic heterocycles. The molecule has 19 heavy (non-hydrogen) atoms. The summed E-state index contributed by atoms with van der Waals surface area (Å²) in [5.74, 6) is 0.0549. The molecule has 0 atom stereocenters.